The zero-order valence-corrected chi connectivity index (χ0v) is 18.3. The van der Waals surface area contributed by atoms with Crippen molar-refractivity contribution in [3.63, 3.8) is 0 Å². The van der Waals surface area contributed by atoms with Gasteiger partial charge in [-0.05, 0) is 43.5 Å². The third kappa shape index (κ3) is 5.36. The molecule has 11 heteroatoms. The van der Waals surface area contributed by atoms with E-state index in [1.54, 1.807) is 6.20 Å². The highest BCUT2D eigenvalue weighted by molar-refractivity contribution is 5.92. The first-order chi connectivity index (χ1) is 15.9. The molecule has 2 aliphatic rings. The van der Waals surface area contributed by atoms with E-state index in [1.165, 1.54) is 6.07 Å². The number of aromatic nitrogens is 2. The van der Waals surface area contributed by atoms with E-state index in [2.05, 4.69) is 25.5 Å². The van der Waals surface area contributed by atoms with Crippen molar-refractivity contribution in [1.29, 1.82) is 0 Å². The summed E-state index contributed by atoms with van der Waals surface area (Å²) in [5, 5.41) is 6.10. The lowest BCUT2D eigenvalue weighted by atomic mass is 10.1. The highest BCUT2D eigenvalue weighted by atomic mass is 19.2. The van der Waals surface area contributed by atoms with Gasteiger partial charge in [0.05, 0.1) is 0 Å². The molecule has 2 aliphatic heterocycles. The van der Waals surface area contributed by atoms with Gasteiger partial charge < -0.3 is 20.3 Å². The molecule has 1 aromatic heterocycles. The molecule has 3 amide bonds. The van der Waals surface area contributed by atoms with Crippen LogP contribution in [0.3, 0.4) is 0 Å². The number of rotatable bonds is 6. The Morgan fingerprint density at radius 3 is 2.70 bits per heavy atom. The summed E-state index contributed by atoms with van der Waals surface area (Å²) in [6.45, 7) is 4.32. The van der Waals surface area contributed by atoms with Crippen LogP contribution < -0.4 is 15.5 Å². The molecule has 0 spiro atoms. The van der Waals surface area contributed by atoms with E-state index >= 15 is 0 Å². The average molecular weight is 460 g/mol. The zero-order valence-electron chi connectivity index (χ0n) is 18.3. The van der Waals surface area contributed by atoms with Crippen LogP contribution in [-0.4, -0.2) is 65.8 Å². The second-order valence-electron chi connectivity index (χ2n) is 8.08. The number of halogens is 2. The van der Waals surface area contributed by atoms with Crippen LogP contribution in [0.15, 0.2) is 30.5 Å². The van der Waals surface area contributed by atoms with Crippen LogP contribution >= 0.6 is 0 Å². The average Bonchev–Trinajstić information content (AvgIpc) is 3.20. The van der Waals surface area contributed by atoms with Gasteiger partial charge in [0.15, 0.2) is 11.6 Å². The summed E-state index contributed by atoms with van der Waals surface area (Å²) >= 11 is 0. The Kier molecular flexibility index (Phi) is 6.97. The topological polar surface area (TPSA) is 99.7 Å². The van der Waals surface area contributed by atoms with Gasteiger partial charge in [0.1, 0.15) is 12.6 Å². The molecule has 0 radical (unpaired) electrons. The summed E-state index contributed by atoms with van der Waals surface area (Å²) in [5.41, 5.74) is 1.22. The Morgan fingerprint density at radius 2 is 1.97 bits per heavy atom. The number of carbonyl (C=O) groups excluding carboxylic acids is 2. The number of nitrogens with zero attached hydrogens (tertiary/aromatic N) is 4. The van der Waals surface area contributed by atoms with Gasteiger partial charge in [-0.3, -0.25) is 0 Å². The fourth-order valence-corrected chi connectivity index (χ4v) is 4.01. The molecule has 2 saturated heterocycles. The highest BCUT2D eigenvalue weighted by Gasteiger charge is 2.39. The molecule has 176 valence electrons. The molecule has 0 bridgehead atoms. The lowest BCUT2D eigenvalue weighted by Gasteiger charge is -2.32. The van der Waals surface area contributed by atoms with Gasteiger partial charge in [-0.2, -0.15) is 0 Å². The van der Waals surface area contributed by atoms with Crippen LogP contribution in [0.5, 0.6) is 0 Å². The summed E-state index contributed by atoms with van der Waals surface area (Å²) in [7, 11) is 0. The quantitative estimate of drug-likeness (QED) is 0.639. The van der Waals surface area contributed by atoms with Crippen molar-refractivity contribution in [1.82, 2.24) is 25.5 Å². The Morgan fingerprint density at radius 1 is 1.18 bits per heavy atom. The Labute approximate surface area is 190 Å². The van der Waals surface area contributed by atoms with Crippen LogP contribution in [0.1, 0.15) is 30.1 Å². The summed E-state index contributed by atoms with van der Waals surface area (Å²) in [6.07, 6.45) is 2.78. The predicted octanol–water partition coefficient (Wildman–Crippen LogP) is 2.52. The predicted molar refractivity (Wildman–Crippen MR) is 116 cm³/mol. The molecular formula is C22H26F2N6O3. The SMILES string of the molecule is Cc1ccnc(N2CCC(NCCNC(=O)N3C(=O)OCC3c3ccc(F)c(F)c3)CC2)n1. The monoisotopic (exact) mass is 460 g/mol. The molecular weight excluding hydrogens is 434 g/mol. The number of hydrogen-bond acceptors (Lipinski definition) is 7. The van der Waals surface area contributed by atoms with E-state index in [4.69, 9.17) is 4.74 Å². The molecule has 2 N–H and O–H groups in total. The van der Waals surface area contributed by atoms with Crippen molar-refractivity contribution < 1.29 is 23.1 Å². The fourth-order valence-electron chi connectivity index (χ4n) is 4.01. The van der Waals surface area contributed by atoms with Gasteiger partial charge in [0, 0.05) is 44.1 Å². The Balaban J connectivity index is 1.22. The Bertz CT molecular complexity index is 1020. The van der Waals surface area contributed by atoms with Crippen molar-refractivity contribution in [2.45, 2.75) is 31.8 Å². The molecule has 1 unspecified atom stereocenters. The van der Waals surface area contributed by atoms with E-state index in [-0.39, 0.29) is 12.2 Å². The smallest absolute Gasteiger partial charge is 0.418 e. The number of aryl methyl sites for hydroxylation is 1. The number of carbonyl (C=O) groups is 2. The molecule has 0 saturated carbocycles. The number of benzene rings is 1. The van der Waals surface area contributed by atoms with Crippen LogP contribution in [0, 0.1) is 18.6 Å². The molecule has 0 aliphatic carbocycles. The second kappa shape index (κ2) is 10.1. The third-order valence-corrected chi connectivity index (χ3v) is 5.81. The van der Waals surface area contributed by atoms with E-state index in [0.29, 0.717) is 19.1 Å². The normalized spacial score (nSPS) is 19.0. The van der Waals surface area contributed by atoms with Gasteiger partial charge in [0.2, 0.25) is 5.95 Å². The second-order valence-corrected chi connectivity index (χ2v) is 8.08. The number of nitrogens with one attached hydrogen (secondary N) is 2. The molecule has 2 fully saturated rings. The molecule has 2 aromatic rings. The Hall–Kier alpha value is -3.34. The van der Waals surface area contributed by atoms with Crippen molar-refractivity contribution in [3.8, 4) is 0 Å². The van der Waals surface area contributed by atoms with Crippen LogP contribution in [-0.2, 0) is 4.74 Å². The number of anilines is 1. The maximum absolute atomic E-state index is 13.6. The molecule has 1 atom stereocenters. The van der Waals surface area contributed by atoms with Gasteiger partial charge in [-0.1, -0.05) is 6.07 Å². The summed E-state index contributed by atoms with van der Waals surface area (Å²) in [6, 6.07) is 3.99. The summed E-state index contributed by atoms with van der Waals surface area (Å²) < 4.78 is 31.8. The minimum absolute atomic E-state index is 0.112. The van der Waals surface area contributed by atoms with E-state index in [9.17, 15) is 18.4 Å². The minimum atomic E-state index is -1.04. The number of ether oxygens (including phenoxy) is 1. The maximum Gasteiger partial charge on any atom is 0.418 e. The number of hydrogen-bond donors (Lipinski definition) is 2. The molecule has 1 aromatic carbocycles. The van der Waals surface area contributed by atoms with Crippen molar-refractivity contribution in [2.24, 2.45) is 0 Å². The number of urea groups is 1. The van der Waals surface area contributed by atoms with Crippen molar-refractivity contribution in [3.05, 3.63) is 53.4 Å². The third-order valence-electron chi connectivity index (χ3n) is 5.81. The molecule has 9 nitrogen and oxygen atoms in total. The van der Waals surface area contributed by atoms with E-state index in [0.717, 1.165) is 54.6 Å². The highest BCUT2D eigenvalue weighted by Crippen LogP contribution is 2.28. The first-order valence-corrected chi connectivity index (χ1v) is 10.9. The number of imide groups is 1. The lowest BCUT2D eigenvalue weighted by molar-refractivity contribution is 0.158. The van der Waals surface area contributed by atoms with Gasteiger partial charge in [-0.25, -0.2) is 33.2 Å². The van der Waals surface area contributed by atoms with Crippen LogP contribution in [0.25, 0.3) is 0 Å². The van der Waals surface area contributed by atoms with Gasteiger partial charge in [0.25, 0.3) is 0 Å². The molecule has 4 rings (SSSR count). The fraction of sp³-hybridized carbons (Fsp3) is 0.455. The van der Waals surface area contributed by atoms with Crippen molar-refractivity contribution in [2.75, 3.05) is 37.7 Å². The first-order valence-electron chi connectivity index (χ1n) is 10.9. The standard InChI is InChI=1S/C22H26F2N6O3/c1-14-4-7-26-20(28-14)29-10-5-16(6-11-29)25-8-9-27-21(31)30-19(13-33-22(30)32)15-2-3-17(23)18(24)12-15/h2-4,7,12,16,19,25H,5-6,8-11,13H2,1H3,(H,27,31). The maximum atomic E-state index is 13.6. The van der Waals surface area contributed by atoms with Gasteiger partial charge in [-0.15, -0.1) is 0 Å². The lowest BCUT2D eigenvalue weighted by Crippen LogP contribution is -2.47. The number of cyclic esters (lactones) is 1. The largest absolute Gasteiger partial charge is 0.446 e. The van der Waals surface area contributed by atoms with Crippen molar-refractivity contribution >= 4 is 18.1 Å². The number of amides is 3. The van der Waals surface area contributed by atoms with Gasteiger partial charge >= 0.3 is 12.1 Å². The van der Waals surface area contributed by atoms with E-state index in [1.807, 2.05) is 13.0 Å². The molecule has 3 heterocycles. The molecule has 33 heavy (non-hydrogen) atoms. The van der Waals surface area contributed by atoms with Crippen LogP contribution in [0.2, 0.25) is 0 Å². The summed E-state index contributed by atoms with van der Waals surface area (Å²) in [5.74, 6) is -1.30. The minimum Gasteiger partial charge on any atom is -0.446 e. The van der Waals surface area contributed by atoms with Crippen LogP contribution in [0.4, 0.5) is 24.3 Å². The first kappa shape index (κ1) is 22.8. The summed E-state index contributed by atoms with van der Waals surface area (Å²) in [4.78, 5) is 36.5. The van der Waals surface area contributed by atoms with E-state index < -0.39 is 29.8 Å². The number of piperidine rings is 1. The zero-order chi connectivity index (χ0) is 23.4.